The Morgan fingerprint density at radius 3 is 2.49 bits per heavy atom. The number of Topliss-reactive ketones (excluding diaryl/α,β-unsaturated/α-hetero) is 1. The quantitative estimate of drug-likeness (QED) is 0.336. The van der Waals surface area contributed by atoms with Gasteiger partial charge in [-0.15, -0.1) is 12.3 Å². The molecule has 5 nitrogen and oxygen atoms in total. The van der Waals surface area contributed by atoms with Crippen molar-refractivity contribution in [2.75, 3.05) is 31.2 Å². The second-order valence-corrected chi connectivity index (χ2v) is 14.4. The number of hydrogen-bond acceptors (Lipinski definition) is 5. The number of benzene rings is 1. The Labute approximate surface area is 246 Å². The first-order valence-electron chi connectivity index (χ1n) is 16.3. The number of anilines is 1. The van der Waals surface area contributed by atoms with Gasteiger partial charge in [0.1, 0.15) is 5.78 Å². The normalized spacial score (nSPS) is 39.7. The molecule has 5 fully saturated rings. The molecule has 0 aromatic heterocycles. The largest absolute Gasteiger partial charge is 0.385 e. The lowest BCUT2D eigenvalue weighted by Gasteiger charge is -2.58. The molecule has 1 aromatic rings. The molecule has 0 radical (unpaired) electrons. The van der Waals surface area contributed by atoms with Gasteiger partial charge >= 0.3 is 0 Å². The summed E-state index contributed by atoms with van der Waals surface area (Å²) in [5, 5.41) is 12.3. The molecule has 6 atom stereocenters. The molecule has 6 aliphatic rings. The molecular weight excluding hydrogens is 510 g/mol. The predicted octanol–water partition coefficient (Wildman–Crippen LogP) is 6.54. The monoisotopic (exact) mass is 557 g/mol. The van der Waals surface area contributed by atoms with Crippen molar-refractivity contribution in [1.82, 2.24) is 0 Å². The third-order valence-corrected chi connectivity index (χ3v) is 12.7. The summed E-state index contributed by atoms with van der Waals surface area (Å²) in [5.41, 5.74) is 3.83. The maximum absolute atomic E-state index is 13.5. The van der Waals surface area contributed by atoms with Crippen LogP contribution in [0.2, 0.25) is 0 Å². The minimum absolute atomic E-state index is 0.168. The number of aliphatic hydroxyl groups is 1. The van der Waals surface area contributed by atoms with Crippen LogP contribution in [0.4, 0.5) is 5.69 Å². The number of ketones is 1. The minimum atomic E-state index is -0.886. The van der Waals surface area contributed by atoms with E-state index in [2.05, 4.69) is 42.0 Å². The summed E-state index contributed by atoms with van der Waals surface area (Å²) in [6.07, 6.45) is 17.0. The number of rotatable bonds is 4. The Bertz CT molecular complexity index is 1270. The third kappa shape index (κ3) is 4.11. The lowest BCUT2D eigenvalue weighted by Crippen LogP contribution is -2.55. The van der Waals surface area contributed by atoms with Gasteiger partial charge in [-0.1, -0.05) is 24.6 Å². The lowest BCUT2D eigenvalue weighted by molar-refractivity contribution is -0.208. The highest BCUT2D eigenvalue weighted by Crippen LogP contribution is 2.71. The fourth-order valence-corrected chi connectivity index (χ4v) is 10.7. The summed E-state index contributed by atoms with van der Waals surface area (Å²) in [6, 6.07) is 9.31. The van der Waals surface area contributed by atoms with E-state index in [0.717, 1.165) is 58.0 Å². The second kappa shape index (κ2) is 9.97. The van der Waals surface area contributed by atoms with Crippen molar-refractivity contribution in [3.8, 4) is 12.3 Å². The first-order chi connectivity index (χ1) is 19.7. The number of allylic oxidation sites excluding steroid dienone is 1. The number of carbonyl (C=O) groups is 1. The molecule has 3 saturated carbocycles. The Balaban J connectivity index is 1.33. The number of hydrogen-bond donors (Lipinski definition) is 1. The molecule has 0 amide bonds. The van der Waals surface area contributed by atoms with Crippen LogP contribution in [0.1, 0.15) is 102 Å². The smallest absolute Gasteiger partial charge is 0.171 e. The van der Waals surface area contributed by atoms with E-state index in [4.69, 9.17) is 15.9 Å². The van der Waals surface area contributed by atoms with Crippen LogP contribution < -0.4 is 4.90 Å². The van der Waals surface area contributed by atoms with Gasteiger partial charge in [0.15, 0.2) is 5.79 Å². The van der Waals surface area contributed by atoms with E-state index in [9.17, 15) is 9.90 Å². The lowest BCUT2D eigenvalue weighted by atomic mass is 9.47. The first kappa shape index (κ1) is 27.7. The van der Waals surface area contributed by atoms with Crippen molar-refractivity contribution in [3.05, 3.63) is 41.0 Å². The molecule has 2 saturated heterocycles. The van der Waals surface area contributed by atoms with Crippen molar-refractivity contribution < 1.29 is 19.4 Å². The van der Waals surface area contributed by atoms with Gasteiger partial charge in [0, 0.05) is 49.4 Å². The van der Waals surface area contributed by atoms with Crippen molar-refractivity contribution in [2.24, 2.45) is 22.7 Å². The summed E-state index contributed by atoms with van der Waals surface area (Å²) in [7, 11) is 0. The molecule has 0 bridgehead atoms. The van der Waals surface area contributed by atoms with Gasteiger partial charge in [-0.2, -0.15) is 0 Å². The van der Waals surface area contributed by atoms with E-state index >= 15 is 0 Å². The fraction of sp³-hybridized carbons (Fsp3) is 0.694. The average molecular weight is 558 g/mol. The minimum Gasteiger partial charge on any atom is -0.385 e. The number of nitrogens with zero attached hydrogens (tertiary/aromatic N) is 1. The maximum atomic E-state index is 13.5. The van der Waals surface area contributed by atoms with E-state index in [1.165, 1.54) is 41.7 Å². The number of fused-ring (bicyclic) bond motifs is 4. The SMILES string of the molecule is C#CC[C@]1(C(C)=O)CC[C@H]2[C@@H]3CC[C@@]4(O)CC5(CCC4=C3[C@@H](c3ccc(N4CCCCC4)cc3)C[C@@]21C)OCCO5. The maximum Gasteiger partial charge on any atom is 0.171 e. The molecule has 1 spiro atoms. The molecule has 7 rings (SSSR count). The highest BCUT2D eigenvalue weighted by Gasteiger charge is 2.66. The van der Waals surface area contributed by atoms with Crippen LogP contribution in [0.3, 0.4) is 0 Å². The molecule has 5 heteroatoms. The summed E-state index contributed by atoms with van der Waals surface area (Å²) < 4.78 is 12.2. The van der Waals surface area contributed by atoms with E-state index in [-0.39, 0.29) is 17.1 Å². The fourth-order valence-electron chi connectivity index (χ4n) is 10.7. The first-order valence-corrected chi connectivity index (χ1v) is 16.3. The molecular formula is C36H47NO4. The highest BCUT2D eigenvalue weighted by molar-refractivity contribution is 5.84. The van der Waals surface area contributed by atoms with Crippen molar-refractivity contribution in [1.29, 1.82) is 0 Å². The van der Waals surface area contributed by atoms with Crippen LogP contribution in [-0.2, 0) is 14.3 Å². The molecule has 1 N–H and O–H groups in total. The van der Waals surface area contributed by atoms with Gasteiger partial charge in [0.25, 0.3) is 0 Å². The standard InChI is InChI=1S/C36H47NO4/c1-4-15-34(25(2)38)16-13-30-28-12-17-35(39)24-36(40-21-22-41-36)18-14-31(35)32(28)29(23-33(30,34)3)26-8-10-27(11-9-26)37-19-6-5-7-20-37/h1,8-11,28-30,39H,5-7,12-24H2,2-3H3/t28-,29+,30-,33-,34+,35+/m0/s1. The van der Waals surface area contributed by atoms with Crippen LogP contribution in [0.25, 0.3) is 0 Å². The predicted molar refractivity (Wildman–Crippen MR) is 160 cm³/mol. The van der Waals surface area contributed by atoms with Gasteiger partial charge in [-0.3, -0.25) is 4.79 Å². The molecule has 2 heterocycles. The Morgan fingerprint density at radius 2 is 1.80 bits per heavy atom. The number of piperidine rings is 1. The highest BCUT2D eigenvalue weighted by atomic mass is 16.7. The Kier molecular flexibility index (Phi) is 6.73. The molecule has 4 aliphatic carbocycles. The Morgan fingerprint density at radius 1 is 1.07 bits per heavy atom. The molecule has 0 unspecified atom stereocenters. The molecule has 1 aromatic carbocycles. The average Bonchev–Trinajstić information content (AvgIpc) is 3.54. The van der Waals surface area contributed by atoms with E-state index in [0.29, 0.717) is 37.9 Å². The van der Waals surface area contributed by atoms with Crippen LogP contribution in [0.15, 0.2) is 35.4 Å². The van der Waals surface area contributed by atoms with Crippen LogP contribution >= 0.6 is 0 Å². The zero-order valence-electron chi connectivity index (χ0n) is 25.1. The van der Waals surface area contributed by atoms with Gasteiger partial charge in [-0.25, -0.2) is 0 Å². The van der Waals surface area contributed by atoms with Crippen molar-refractivity contribution >= 4 is 11.5 Å². The number of carbonyl (C=O) groups excluding carboxylic acids is 1. The van der Waals surface area contributed by atoms with Gasteiger partial charge in [0.05, 0.1) is 18.8 Å². The van der Waals surface area contributed by atoms with Crippen LogP contribution in [-0.4, -0.2) is 48.6 Å². The zero-order chi connectivity index (χ0) is 28.5. The molecule has 41 heavy (non-hydrogen) atoms. The van der Waals surface area contributed by atoms with Gasteiger partial charge < -0.3 is 19.5 Å². The second-order valence-electron chi connectivity index (χ2n) is 14.4. The van der Waals surface area contributed by atoms with E-state index in [1.807, 2.05) is 0 Å². The number of terminal acetylenes is 1. The number of ether oxygens (including phenoxy) is 2. The molecule has 220 valence electrons. The van der Waals surface area contributed by atoms with Crippen molar-refractivity contribution in [3.63, 3.8) is 0 Å². The summed E-state index contributed by atoms with van der Waals surface area (Å²) in [4.78, 5) is 16.0. The summed E-state index contributed by atoms with van der Waals surface area (Å²) >= 11 is 0. The van der Waals surface area contributed by atoms with Gasteiger partial charge in [0.2, 0.25) is 0 Å². The summed E-state index contributed by atoms with van der Waals surface area (Å²) in [5.74, 6) is 3.51. The third-order valence-electron chi connectivity index (χ3n) is 12.7. The van der Waals surface area contributed by atoms with Crippen LogP contribution in [0, 0.1) is 35.0 Å². The van der Waals surface area contributed by atoms with Crippen LogP contribution in [0.5, 0.6) is 0 Å². The van der Waals surface area contributed by atoms with Gasteiger partial charge in [-0.05, 0) is 105 Å². The van der Waals surface area contributed by atoms with Crippen molar-refractivity contribution in [2.45, 2.75) is 108 Å². The van der Waals surface area contributed by atoms with E-state index in [1.54, 1.807) is 6.92 Å². The molecule has 2 aliphatic heterocycles. The Hall–Kier alpha value is -2.13. The topological polar surface area (TPSA) is 59.0 Å². The van der Waals surface area contributed by atoms with E-state index < -0.39 is 16.8 Å². The summed E-state index contributed by atoms with van der Waals surface area (Å²) in [6.45, 7) is 7.65. The zero-order valence-corrected chi connectivity index (χ0v) is 25.1.